The van der Waals surface area contributed by atoms with E-state index in [1.54, 1.807) is 26.8 Å². The highest BCUT2D eigenvalue weighted by Gasteiger charge is 2.31. The second kappa shape index (κ2) is 12.2. The molecule has 0 saturated carbocycles. The van der Waals surface area contributed by atoms with Crippen LogP contribution in [0.2, 0.25) is 0 Å². The summed E-state index contributed by atoms with van der Waals surface area (Å²) in [4.78, 5) is 40.5. The van der Waals surface area contributed by atoms with Crippen LogP contribution in [0.5, 0.6) is 0 Å². The van der Waals surface area contributed by atoms with Crippen LogP contribution in [-0.4, -0.2) is 41.5 Å². The number of benzene rings is 3. The van der Waals surface area contributed by atoms with Crippen LogP contribution >= 0.6 is 0 Å². The molecular weight excluding hydrogens is 466 g/mol. The molecule has 37 heavy (non-hydrogen) atoms. The minimum absolute atomic E-state index is 0.111. The second-order valence-corrected chi connectivity index (χ2v) is 9.74. The van der Waals surface area contributed by atoms with Crippen LogP contribution in [0.4, 0.5) is 10.5 Å². The Morgan fingerprint density at radius 2 is 1.68 bits per heavy atom. The lowest BCUT2D eigenvalue weighted by molar-refractivity contribution is -0.137. The number of anilines is 1. The van der Waals surface area contributed by atoms with Crippen LogP contribution in [0.1, 0.15) is 44.9 Å². The minimum Gasteiger partial charge on any atom is -0.444 e. The summed E-state index contributed by atoms with van der Waals surface area (Å²) in [7, 11) is 0. The molecule has 3 amide bonds. The van der Waals surface area contributed by atoms with Crippen molar-refractivity contribution in [2.75, 3.05) is 18.4 Å². The fourth-order valence-electron chi connectivity index (χ4n) is 3.94. The van der Waals surface area contributed by atoms with E-state index in [4.69, 9.17) is 4.74 Å². The number of rotatable bonds is 9. The van der Waals surface area contributed by atoms with Crippen molar-refractivity contribution in [1.29, 1.82) is 0 Å². The van der Waals surface area contributed by atoms with Gasteiger partial charge in [-0.15, -0.1) is 6.58 Å². The quantitative estimate of drug-likeness (QED) is 0.373. The van der Waals surface area contributed by atoms with Crippen molar-refractivity contribution in [3.8, 4) is 0 Å². The standard InChI is InChI=1S/C30H35N3O4/c1-6-18-33(26(34)20-31-29(36)37-30(3,4)5)27(23-14-12-21(7-2)13-15-23)28(35)32-25-17-16-22-10-8-9-11-24(22)19-25/h6,8-17,19,27H,1,7,18,20H2,2-5H3,(H,31,36)(H,32,35). The van der Waals surface area contributed by atoms with Crippen molar-refractivity contribution in [3.63, 3.8) is 0 Å². The molecule has 0 radical (unpaired) electrons. The summed E-state index contributed by atoms with van der Waals surface area (Å²) in [6.07, 6.45) is 1.70. The highest BCUT2D eigenvalue weighted by atomic mass is 16.6. The molecule has 7 nitrogen and oxygen atoms in total. The van der Waals surface area contributed by atoms with Crippen LogP contribution in [0.3, 0.4) is 0 Å². The molecule has 3 rings (SSSR count). The number of carbonyl (C=O) groups is 3. The van der Waals surface area contributed by atoms with E-state index in [0.29, 0.717) is 11.3 Å². The molecule has 0 aromatic heterocycles. The van der Waals surface area contributed by atoms with Gasteiger partial charge in [0.25, 0.3) is 5.91 Å². The molecule has 0 fully saturated rings. The fourth-order valence-corrected chi connectivity index (χ4v) is 3.94. The number of amides is 3. The zero-order valence-electron chi connectivity index (χ0n) is 21.9. The Labute approximate surface area is 218 Å². The SMILES string of the molecule is C=CCN(C(=O)CNC(=O)OC(C)(C)C)C(C(=O)Nc1ccc2ccccc2c1)c1ccc(CC)cc1. The summed E-state index contributed by atoms with van der Waals surface area (Å²) in [5.74, 6) is -0.809. The van der Waals surface area contributed by atoms with Crippen molar-refractivity contribution in [2.45, 2.75) is 45.8 Å². The smallest absolute Gasteiger partial charge is 0.408 e. The lowest BCUT2D eigenvalue weighted by atomic mass is 10.0. The molecule has 0 aliphatic carbocycles. The van der Waals surface area contributed by atoms with E-state index in [1.165, 1.54) is 4.90 Å². The van der Waals surface area contributed by atoms with Crippen molar-refractivity contribution < 1.29 is 19.1 Å². The first-order valence-electron chi connectivity index (χ1n) is 12.4. The third-order valence-corrected chi connectivity index (χ3v) is 5.71. The molecule has 0 aliphatic rings. The van der Waals surface area contributed by atoms with Crippen molar-refractivity contribution in [2.24, 2.45) is 0 Å². The van der Waals surface area contributed by atoms with Crippen molar-refractivity contribution in [1.82, 2.24) is 10.2 Å². The monoisotopic (exact) mass is 501 g/mol. The molecule has 7 heteroatoms. The first-order valence-corrected chi connectivity index (χ1v) is 12.4. The first-order chi connectivity index (χ1) is 17.6. The maximum Gasteiger partial charge on any atom is 0.408 e. The van der Waals surface area contributed by atoms with Crippen LogP contribution < -0.4 is 10.6 Å². The minimum atomic E-state index is -0.941. The normalized spacial score (nSPS) is 11.9. The Bertz CT molecular complexity index is 1260. The summed E-state index contributed by atoms with van der Waals surface area (Å²) in [6.45, 7) is 10.8. The third-order valence-electron chi connectivity index (χ3n) is 5.71. The summed E-state index contributed by atoms with van der Waals surface area (Å²) >= 11 is 0. The molecule has 1 unspecified atom stereocenters. The summed E-state index contributed by atoms with van der Waals surface area (Å²) in [5.41, 5.74) is 1.70. The van der Waals surface area contributed by atoms with E-state index in [1.807, 2.05) is 66.7 Å². The number of ether oxygens (including phenoxy) is 1. The molecule has 3 aromatic carbocycles. The Morgan fingerprint density at radius 3 is 2.30 bits per heavy atom. The number of fused-ring (bicyclic) bond motifs is 1. The predicted octanol–water partition coefficient (Wildman–Crippen LogP) is 5.62. The van der Waals surface area contributed by atoms with Crippen LogP contribution in [0.15, 0.2) is 79.4 Å². The zero-order chi connectivity index (χ0) is 27.0. The third kappa shape index (κ3) is 7.67. The second-order valence-electron chi connectivity index (χ2n) is 9.74. The summed E-state index contributed by atoms with van der Waals surface area (Å²) < 4.78 is 5.24. The Morgan fingerprint density at radius 1 is 1.00 bits per heavy atom. The van der Waals surface area contributed by atoms with Gasteiger partial charge in [0, 0.05) is 12.2 Å². The highest BCUT2D eigenvalue weighted by Crippen LogP contribution is 2.26. The first kappa shape index (κ1) is 27.5. The Hall–Kier alpha value is -4.13. The van der Waals surface area contributed by atoms with Crippen LogP contribution in [0, 0.1) is 0 Å². The molecule has 0 saturated heterocycles. The summed E-state index contributed by atoms with van der Waals surface area (Å²) in [5, 5.41) is 7.51. The van der Waals surface area contributed by atoms with E-state index in [-0.39, 0.29) is 19.0 Å². The van der Waals surface area contributed by atoms with Gasteiger partial charge in [-0.25, -0.2) is 4.79 Å². The van der Waals surface area contributed by atoms with Gasteiger partial charge in [0.15, 0.2) is 0 Å². The highest BCUT2D eigenvalue weighted by molar-refractivity contribution is 6.00. The van der Waals surface area contributed by atoms with Gasteiger partial charge in [-0.1, -0.05) is 67.6 Å². The predicted molar refractivity (Wildman–Crippen MR) is 147 cm³/mol. The van der Waals surface area contributed by atoms with Crippen LogP contribution in [0.25, 0.3) is 10.8 Å². The van der Waals surface area contributed by atoms with Gasteiger partial charge in [0.2, 0.25) is 5.91 Å². The summed E-state index contributed by atoms with van der Waals surface area (Å²) in [6, 6.07) is 20.2. The van der Waals surface area contributed by atoms with Crippen LogP contribution in [-0.2, 0) is 20.7 Å². The zero-order valence-corrected chi connectivity index (χ0v) is 21.9. The maximum absolute atomic E-state index is 13.7. The molecule has 1 atom stereocenters. The molecule has 2 N–H and O–H groups in total. The van der Waals surface area contributed by atoms with E-state index in [9.17, 15) is 14.4 Å². The lowest BCUT2D eigenvalue weighted by Gasteiger charge is -2.31. The van der Waals surface area contributed by atoms with Gasteiger partial charge in [0.05, 0.1) is 0 Å². The lowest BCUT2D eigenvalue weighted by Crippen LogP contribution is -2.46. The van der Waals surface area contributed by atoms with E-state index < -0.39 is 23.6 Å². The maximum atomic E-state index is 13.7. The average molecular weight is 502 g/mol. The van der Waals surface area contributed by atoms with Crippen molar-refractivity contribution in [3.05, 3.63) is 90.5 Å². The molecule has 0 heterocycles. The number of alkyl carbamates (subject to hydrolysis) is 1. The van der Waals surface area contributed by atoms with Gasteiger partial charge >= 0.3 is 6.09 Å². The van der Waals surface area contributed by atoms with Crippen molar-refractivity contribution >= 4 is 34.4 Å². The van der Waals surface area contributed by atoms with E-state index in [0.717, 1.165) is 22.8 Å². The number of hydrogen-bond donors (Lipinski definition) is 2. The topological polar surface area (TPSA) is 87.7 Å². The van der Waals surface area contributed by atoms with E-state index >= 15 is 0 Å². The number of hydrogen-bond acceptors (Lipinski definition) is 4. The molecule has 0 aliphatic heterocycles. The average Bonchev–Trinajstić information content (AvgIpc) is 2.86. The number of nitrogens with zero attached hydrogens (tertiary/aromatic N) is 1. The van der Waals surface area contributed by atoms with Gasteiger partial charge in [0.1, 0.15) is 18.2 Å². The van der Waals surface area contributed by atoms with E-state index in [2.05, 4.69) is 24.1 Å². The van der Waals surface area contributed by atoms with Gasteiger partial charge < -0.3 is 20.3 Å². The molecule has 194 valence electrons. The largest absolute Gasteiger partial charge is 0.444 e. The van der Waals surface area contributed by atoms with Gasteiger partial charge in [-0.2, -0.15) is 0 Å². The number of nitrogens with one attached hydrogen (secondary N) is 2. The number of carbonyl (C=O) groups excluding carboxylic acids is 3. The molecule has 0 bridgehead atoms. The Balaban J connectivity index is 1.89. The van der Waals surface area contributed by atoms with Gasteiger partial charge in [-0.05, 0) is 61.2 Å². The Kier molecular flexibility index (Phi) is 9.06. The molecule has 3 aromatic rings. The number of aryl methyl sites for hydroxylation is 1. The van der Waals surface area contributed by atoms with Gasteiger partial charge in [-0.3, -0.25) is 9.59 Å². The molecule has 0 spiro atoms. The fraction of sp³-hybridized carbons (Fsp3) is 0.300. The molecular formula is C30H35N3O4.